The van der Waals surface area contributed by atoms with E-state index in [1.165, 1.54) is 0 Å². The van der Waals surface area contributed by atoms with E-state index in [1.54, 1.807) is 6.20 Å². The van der Waals surface area contributed by atoms with Gasteiger partial charge < -0.3 is 4.42 Å². The van der Waals surface area contributed by atoms with Gasteiger partial charge in [-0.1, -0.05) is 6.92 Å². The third-order valence-electron chi connectivity index (χ3n) is 1.67. The maximum absolute atomic E-state index is 5.43. The molecule has 62 valence electrons. The third-order valence-corrected chi connectivity index (χ3v) is 1.67. The van der Waals surface area contributed by atoms with Crippen LogP contribution in [0.25, 0.3) is 11.2 Å². The van der Waals surface area contributed by atoms with E-state index in [0.29, 0.717) is 5.65 Å². The van der Waals surface area contributed by atoms with Gasteiger partial charge in [0.05, 0.1) is 0 Å². The Morgan fingerprint density at radius 2 is 2.42 bits per heavy atom. The minimum atomic E-state index is 0.709. The van der Waals surface area contributed by atoms with Gasteiger partial charge in [-0.25, -0.2) is 4.98 Å². The average molecular weight is 162 g/mol. The van der Waals surface area contributed by atoms with Crippen LogP contribution in [0.4, 0.5) is 0 Å². The largest absolute Gasteiger partial charge is 0.439 e. The highest BCUT2D eigenvalue weighted by molar-refractivity contribution is 5.66. The summed E-state index contributed by atoms with van der Waals surface area (Å²) < 4.78 is 5.43. The number of hydrogen-bond acceptors (Lipinski definition) is 3. The number of oxazole rings is 1. The monoisotopic (exact) mass is 162 g/mol. The fourth-order valence-electron chi connectivity index (χ4n) is 1.13. The Labute approximate surface area is 70.4 Å². The third kappa shape index (κ3) is 1.18. The van der Waals surface area contributed by atoms with Crippen LogP contribution in [0.3, 0.4) is 0 Å². The van der Waals surface area contributed by atoms with Crippen molar-refractivity contribution in [3.05, 3.63) is 24.2 Å². The maximum Gasteiger partial charge on any atom is 0.198 e. The molecule has 3 heteroatoms. The number of fused-ring (bicyclic) bond motifs is 1. The first-order chi connectivity index (χ1) is 5.90. The van der Waals surface area contributed by atoms with Crippen LogP contribution in [0.2, 0.25) is 0 Å². The molecule has 0 aliphatic heterocycles. The summed E-state index contributed by atoms with van der Waals surface area (Å²) in [6.45, 7) is 2.10. The van der Waals surface area contributed by atoms with Gasteiger partial charge in [-0.05, 0) is 18.6 Å². The number of rotatable bonds is 2. The van der Waals surface area contributed by atoms with Crippen LogP contribution in [0.15, 0.2) is 22.7 Å². The molecule has 0 saturated carbocycles. The van der Waals surface area contributed by atoms with Gasteiger partial charge in [0.1, 0.15) is 0 Å². The lowest BCUT2D eigenvalue weighted by molar-refractivity contribution is 0.525. The molecule has 0 fully saturated rings. The summed E-state index contributed by atoms with van der Waals surface area (Å²) >= 11 is 0. The van der Waals surface area contributed by atoms with Crippen LogP contribution in [-0.2, 0) is 6.42 Å². The van der Waals surface area contributed by atoms with Gasteiger partial charge in [-0.2, -0.15) is 4.98 Å². The Morgan fingerprint density at radius 1 is 1.50 bits per heavy atom. The van der Waals surface area contributed by atoms with E-state index >= 15 is 0 Å². The predicted molar refractivity (Wildman–Crippen MR) is 45.8 cm³/mol. The zero-order valence-electron chi connectivity index (χ0n) is 6.95. The Morgan fingerprint density at radius 3 is 3.17 bits per heavy atom. The minimum absolute atomic E-state index is 0.709. The molecule has 0 saturated heterocycles. The summed E-state index contributed by atoms with van der Waals surface area (Å²) in [4.78, 5) is 8.30. The van der Waals surface area contributed by atoms with Crippen LogP contribution < -0.4 is 0 Å². The molecule has 2 rings (SSSR count). The van der Waals surface area contributed by atoms with Crippen molar-refractivity contribution in [2.75, 3.05) is 0 Å². The van der Waals surface area contributed by atoms with Gasteiger partial charge in [0.2, 0.25) is 0 Å². The maximum atomic E-state index is 5.43. The van der Waals surface area contributed by atoms with E-state index in [0.717, 1.165) is 24.3 Å². The molecular formula is C9H10N2O. The van der Waals surface area contributed by atoms with Crippen LogP contribution in [0, 0.1) is 0 Å². The second kappa shape index (κ2) is 2.93. The Balaban J connectivity index is 2.47. The van der Waals surface area contributed by atoms with Crippen molar-refractivity contribution in [2.24, 2.45) is 0 Å². The quantitative estimate of drug-likeness (QED) is 0.679. The van der Waals surface area contributed by atoms with E-state index in [2.05, 4.69) is 16.9 Å². The van der Waals surface area contributed by atoms with Crippen molar-refractivity contribution < 1.29 is 4.42 Å². The zero-order chi connectivity index (χ0) is 8.39. The molecule has 0 amide bonds. The molecule has 0 aliphatic carbocycles. The molecule has 0 atom stereocenters. The van der Waals surface area contributed by atoms with Gasteiger partial charge in [-0.15, -0.1) is 0 Å². The number of aryl methyl sites for hydroxylation is 1. The molecule has 12 heavy (non-hydrogen) atoms. The van der Waals surface area contributed by atoms with Crippen molar-refractivity contribution in [1.29, 1.82) is 0 Å². The van der Waals surface area contributed by atoms with Crippen molar-refractivity contribution in [3.63, 3.8) is 0 Å². The van der Waals surface area contributed by atoms with E-state index in [9.17, 15) is 0 Å². The Kier molecular flexibility index (Phi) is 1.78. The molecular weight excluding hydrogens is 152 g/mol. The van der Waals surface area contributed by atoms with E-state index in [4.69, 9.17) is 4.42 Å². The fraction of sp³-hybridized carbons (Fsp3) is 0.333. The molecule has 0 spiro atoms. The summed E-state index contributed by atoms with van der Waals surface area (Å²) in [5.74, 6) is 0.784. The fourth-order valence-corrected chi connectivity index (χ4v) is 1.13. The number of nitrogens with zero attached hydrogens (tertiary/aromatic N) is 2. The normalized spacial score (nSPS) is 10.8. The van der Waals surface area contributed by atoms with Crippen molar-refractivity contribution in [2.45, 2.75) is 19.8 Å². The van der Waals surface area contributed by atoms with Gasteiger partial charge >= 0.3 is 0 Å². The molecule has 2 heterocycles. The van der Waals surface area contributed by atoms with Gasteiger partial charge in [0.25, 0.3) is 0 Å². The first kappa shape index (κ1) is 7.28. The van der Waals surface area contributed by atoms with E-state index < -0.39 is 0 Å². The first-order valence-corrected chi connectivity index (χ1v) is 4.10. The Hall–Kier alpha value is -1.38. The van der Waals surface area contributed by atoms with Crippen LogP contribution in [0.1, 0.15) is 19.2 Å². The Bertz CT molecular complexity index is 348. The summed E-state index contributed by atoms with van der Waals surface area (Å²) in [7, 11) is 0. The summed E-state index contributed by atoms with van der Waals surface area (Å²) in [5, 5.41) is 0. The van der Waals surface area contributed by atoms with Gasteiger partial charge in [0, 0.05) is 12.6 Å². The molecule has 0 radical (unpaired) electrons. The standard InChI is InChI=1S/C9H10N2O/c1-2-4-8-11-9-7(12-8)5-3-6-10-9/h3,5-6H,2,4H2,1H3. The summed E-state index contributed by atoms with van der Waals surface area (Å²) in [6.07, 6.45) is 3.66. The van der Waals surface area contributed by atoms with Crippen LogP contribution >= 0.6 is 0 Å². The lowest BCUT2D eigenvalue weighted by atomic mass is 10.3. The highest BCUT2D eigenvalue weighted by atomic mass is 16.3. The SMILES string of the molecule is CCCc1nc2ncccc2o1. The summed E-state index contributed by atoms with van der Waals surface area (Å²) in [5.41, 5.74) is 1.49. The molecule has 0 bridgehead atoms. The van der Waals surface area contributed by atoms with Gasteiger partial charge in [0.15, 0.2) is 17.1 Å². The second-order valence-electron chi connectivity index (χ2n) is 2.68. The molecule has 0 aromatic carbocycles. The lowest BCUT2D eigenvalue weighted by Crippen LogP contribution is -1.80. The number of hydrogen-bond donors (Lipinski definition) is 0. The number of pyridine rings is 1. The van der Waals surface area contributed by atoms with Crippen LogP contribution in [-0.4, -0.2) is 9.97 Å². The van der Waals surface area contributed by atoms with Gasteiger partial charge in [-0.3, -0.25) is 0 Å². The zero-order valence-corrected chi connectivity index (χ0v) is 6.95. The van der Waals surface area contributed by atoms with E-state index in [1.807, 2.05) is 12.1 Å². The number of aromatic nitrogens is 2. The molecule has 2 aromatic rings. The topological polar surface area (TPSA) is 38.9 Å². The smallest absolute Gasteiger partial charge is 0.198 e. The highest BCUT2D eigenvalue weighted by Gasteiger charge is 2.03. The minimum Gasteiger partial charge on any atom is -0.439 e. The highest BCUT2D eigenvalue weighted by Crippen LogP contribution is 2.12. The molecule has 0 unspecified atom stereocenters. The molecule has 0 aliphatic rings. The molecule has 0 N–H and O–H groups in total. The first-order valence-electron chi connectivity index (χ1n) is 4.10. The predicted octanol–water partition coefficient (Wildman–Crippen LogP) is 2.18. The lowest BCUT2D eigenvalue weighted by Gasteiger charge is -1.84. The molecule has 3 nitrogen and oxygen atoms in total. The van der Waals surface area contributed by atoms with Crippen molar-refractivity contribution in [1.82, 2.24) is 9.97 Å². The average Bonchev–Trinajstić information content (AvgIpc) is 2.47. The summed E-state index contributed by atoms with van der Waals surface area (Å²) in [6, 6.07) is 3.73. The van der Waals surface area contributed by atoms with Crippen molar-refractivity contribution >= 4 is 11.2 Å². The second-order valence-corrected chi connectivity index (χ2v) is 2.68. The van der Waals surface area contributed by atoms with Crippen molar-refractivity contribution in [3.8, 4) is 0 Å². The molecule has 2 aromatic heterocycles. The van der Waals surface area contributed by atoms with Crippen LogP contribution in [0.5, 0.6) is 0 Å². The van der Waals surface area contributed by atoms with E-state index in [-0.39, 0.29) is 0 Å².